The van der Waals surface area contributed by atoms with Crippen LogP contribution in [0.4, 0.5) is 114 Å². The smallest absolute Gasteiger partial charge is 0.691 e. The Morgan fingerprint density at radius 1 is 0.473 bits per heavy atom. The second-order valence-electron chi connectivity index (χ2n) is 9.81. The Morgan fingerprint density at radius 2 is 0.764 bits per heavy atom. The molecule has 0 N–H and O–H groups in total. The molecule has 0 saturated heterocycles. The summed E-state index contributed by atoms with van der Waals surface area (Å²) in [4.78, 5) is 23.6. The van der Waals surface area contributed by atoms with Crippen LogP contribution >= 0.6 is 12.0 Å². The zero-order chi connectivity index (χ0) is 43.8. The number of ether oxygens (including phenoxy) is 2. The van der Waals surface area contributed by atoms with Crippen molar-refractivity contribution in [1.82, 2.24) is 0 Å². The fraction of sp³-hybridized carbons (Fsp3) is 0.900. The van der Waals surface area contributed by atoms with Gasteiger partial charge in [-0.05, 0) is 0 Å². The molecule has 0 spiro atoms. The maximum atomic E-state index is 13.8. The molecule has 0 aliphatic rings. The van der Waals surface area contributed by atoms with Crippen molar-refractivity contribution in [2.24, 2.45) is 0 Å². The molecule has 0 radical (unpaired) electrons. The zero-order valence-corrected chi connectivity index (χ0v) is 29.1. The van der Waals surface area contributed by atoms with Gasteiger partial charge in [-0.25, -0.2) is 0 Å². The van der Waals surface area contributed by atoms with E-state index in [0.29, 0.717) is 0 Å². The monoisotopic (exact) mass is 928 g/mol. The van der Waals surface area contributed by atoms with Crippen molar-refractivity contribution >= 4 is 24.0 Å². The molecule has 322 valence electrons. The van der Waals surface area contributed by atoms with Gasteiger partial charge in [0.15, 0.2) is 0 Å². The minimum Gasteiger partial charge on any atom is -0.691 e. The van der Waals surface area contributed by atoms with Crippen LogP contribution in [0.15, 0.2) is 0 Å². The molecule has 0 rings (SSSR count). The molecule has 55 heavy (non-hydrogen) atoms. The summed E-state index contributed by atoms with van der Waals surface area (Å²) in [5, 5.41) is 9.73. The SMILES string of the molecule is O=C(CC(SOO[O-])C(=O)OCCC(F)(F)C(F)(F)C(F)(F)C(F)(F)C(F)(F)C(F)(F)F)OCCC(F)(F)C(F)(F)C(F)(F)C(F)(F)C(F)(F)C(F)(F)F.[K+]. The summed E-state index contributed by atoms with van der Waals surface area (Å²) in [7, 11) is 0. The first kappa shape index (κ1) is 56.1. The molecular weight excluding hydrogens is 917 g/mol. The van der Waals surface area contributed by atoms with Crippen molar-refractivity contribution in [3.8, 4) is 0 Å². The summed E-state index contributed by atoms with van der Waals surface area (Å²) in [5.41, 5.74) is 0. The first-order valence-electron chi connectivity index (χ1n) is 12.3. The number of rotatable bonds is 20. The summed E-state index contributed by atoms with van der Waals surface area (Å²) >= 11 is -0.881. The molecule has 1 unspecified atom stereocenters. The summed E-state index contributed by atoms with van der Waals surface area (Å²) in [6.45, 7) is -4.96. The Kier molecular flexibility index (Phi) is 18.0. The van der Waals surface area contributed by atoms with Crippen molar-refractivity contribution in [1.29, 1.82) is 0 Å². The van der Waals surface area contributed by atoms with E-state index in [9.17, 15) is 129 Å². The predicted octanol–water partition coefficient (Wildman–Crippen LogP) is 4.97. The van der Waals surface area contributed by atoms with Crippen LogP contribution in [0.2, 0.25) is 0 Å². The third-order valence-electron chi connectivity index (χ3n) is 6.13. The van der Waals surface area contributed by atoms with Gasteiger partial charge in [0, 0.05) is 12.0 Å². The Morgan fingerprint density at radius 3 is 1.05 bits per heavy atom. The van der Waals surface area contributed by atoms with Crippen molar-refractivity contribution < 1.29 is 199 Å². The standard InChI is InChI=1S/C20H12F26O7S.K/c21-9(22,11(25,26)13(29,30)15(33,34)17(37,38)19(41,42)43)1-3-50-7(47)5-6(54-53-52-49)8(48)51-4-2-10(23,24)12(27,28)14(31,32)16(35,36)18(39,40)20(44,45)46;/h6,49H,1-5H2;/q;+1/p-1. The largest absolute Gasteiger partial charge is 1.00 e. The number of hydrogen-bond acceptors (Lipinski definition) is 8. The van der Waals surface area contributed by atoms with E-state index in [2.05, 4.69) is 18.8 Å². The van der Waals surface area contributed by atoms with E-state index < -0.39 is 133 Å². The second-order valence-corrected chi connectivity index (χ2v) is 10.7. The van der Waals surface area contributed by atoms with Gasteiger partial charge in [0.25, 0.3) is 0 Å². The third kappa shape index (κ3) is 10.4. The summed E-state index contributed by atoms with van der Waals surface area (Å²) in [6.07, 6.45) is -23.8. The predicted molar refractivity (Wildman–Crippen MR) is 111 cm³/mol. The molecule has 0 fully saturated rings. The van der Waals surface area contributed by atoms with Crippen LogP contribution < -0.4 is 56.6 Å². The van der Waals surface area contributed by atoms with Crippen molar-refractivity contribution in [3.05, 3.63) is 0 Å². The molecule has 0 aliphatic heterocycles. The molecular formula is C20H11F26KO7S. The van der Waals surface area contributed by atoms with Gasteiger partial charge >= 0.3 is 135 Å². The molecule has 0 aliphatic carbocycles. The van der Waals surface area contributed by atoms with E-state index in [1.54, 1.807) is 0 Å². The van der Waals surface area contributed by atoms with Gasteiger partial charge in [0.05, 0.1) is 32.5 Å². The minimum atomic E-state index is -8.31. The van der Waals surface area contributed by atoms with Crippen LogP contribution in [-0.2, 0) is 28.4 Å². The average molecular weight is 928 g/mol. The molecule has 35 heteroatoms. The van der Waals surface area contributed by atoms with Crippen LogP contribution in [0.3, 0.4) is 0 Å². The van der Waals surface area contributed by atoms with Gasteiger partial charge in [0.2, 0.25) is 0 Å². The second kappa shape index (κ2) is 17.7. The average Bonchev–Trinajstić information content (AvgIpc) is 2.96. The van der Waals surface area contributed by atoms with Gasteiger partial charge in [-0.1, -0.05) is 0 Å². The summed E-state index contributed by atoms with van der Waals surface area (Å²) in [6, 6.07) is 0. The molecule has 0 aromatic carbocycles. The third-order valence-corrected chi connectivity index (χ3v) is 6.86. The first-order chi connectivity index (χ1) is 23.4. The minimum absolute atomic E-state index is 0. The van der Waals surface area contributed by atoms with Gasteiger partial charge in [-0.3, -0.25) is 14.6 Å². The number of alkyl halides is 26. The Balaban J connectivity index is 0. The Labute approximate surface area is 331 Å². The molecule has 0 bridgehead atoms. The summed E-state index contributed by atoms with van der Waals surface area (Å²) in [5.74, 6) is -83.4. The van der Waals surface area contributed by atoms with Gasteiger partial charge < -0.3 is 14.7 Å². The van der Waals surface area contributed by atoms with Crippen molar-refractivity contribution in [2.45, 2.75) is 96.1 Å². The molecule has 0 heterocycles. The Hall–Kier alpha value is -1.01. The van der Waals surface area contributed by atoms with Crippen LogP contribution in [0.25, 0.3) is 0 Å². The van der Waals surface area contributed by atoms with E-state index in [1.807, 2.05) is 0 Å². The number of hydrogen-bond donors (Lipinski definition) is 0. The number of esters is 2. The molecule has 0 amide bonds. The fourth-order valence-electron chi connectivity index (χ4n) is 3.01. The van der Waals surface area contributed by atoms with E-state index in [4.69, 9.17) is 0 Å². The van der Waals surface area contributed by atoms with Crippen molar-refractivity contribution in [2.75, 3.05) is 13.2 Å². The van der Waals surface area contributed by atoms with Crippen LogP contribution in [0.1, 0.15) is 19.3 Å². The number of carbonyl (C=O) groups excluding carboxylic acids is 2. The molecule has 0 aromatic rings. The molecule has 0 aromatic heterocycles. The quantitative estimate of drug-likeness (QED) is 0.0423. The Bertz CT molecular complexity index is 1300. The molecule has 1 atom stereocenters. The maximum Gasteiger partial charge on any atom is 1.00 e. The first-order valence-corrected chi connectivity index (χ1v) is 13.1. The fourth-order valence-corrected chi connectivity index (χ4v) is 3.49. The summed E-state index contributed by atoms with van der Waals surface area (Å²) < 4.78 is 352. The van der Waals surface area contributed by atoms with E-state index in [-0.39, 0.29) is 51.4 Å². The normalized spacial score (nSPS) is 15.7. The van der Waals surface area contributed by atoms with E-state index in [1.165, 1.54) is 0 Å². The number of carbonyl (C=O) groups is 2. The zero-order valence-electron chi connectivity index (χ0n) is 25.2. The topological polar surface area (TPSA) is 94.1 Å². The van der Waals surface area contributed by atoms with E-state index >= 15 is 0 Å². The van der Waals surface area contributed by atoms with Crippen LogP contribution in [-0.4, -0.2) is 102 Å². The molecule has 0 saturated carbocycles. The van der Waals surface area contributed by atoms with Crippen LogP contribution in [0, 0.1) is 0 Å². The van der Waals surface area contributed by atoms with Crippen molar-refractivity contribution in [3.63, 3.8) is 0 Å². The number of halogens is 26. The van der Waals surface area contributed by atoms with Crippen LogP contribution in [0.5, 0.6) is 0 Å². The molecule has 7 nitrogen and oxygen atoms in total. The van der Waals surface area contributed by atoms with Gasteiger partial charge in [0.1, 0.15) is 5.25 Å². The van der Waals surface area contributed by atoms with E-state index in [0.717, 1.165) is 0 Å². The van der Waals surface area contributed by atoms with Gasteiger partial charge in [-0.15, -0.1) is 0 Å². The van der Waals surface area contributed by atoms with Gasteiger partial charge in [-0.2, -0.15) is 118 Å². The maximum absolute atomic E-state index is 13.8.